The fraction of sp³-hybridized carbons (Fsp3) is 0.500. The van der Waals surface area contributed by atoms with Crippen LogP contribution in [-0.4, -0.2) is 69.8 Å². The number of allylic oxidation sites excluding steroid dienone is 3. The zero-order valence-electron chi connectivity index (χ0n) is 21.1. The maximum Gasteiger partial charge on any atom is 0.305 e. The lowest BCUT2D eigenvalue weighted by Crippen LogP contribution is -2.25. The molecule has 192 valence electrons. The maximum atomic E-state index is 11.2. The molecule has 35 heavy (non-hydrogen) atoms. The summed E-state index contributed by atoms with van der Waals surface area (Å²) < 4.78 is 8.22. The molecule has 0 radical (unpaired) electrons. The van der Waals surface area contributed by atoms with Crippen LogP contribution in [0.4, 0.5) is 0 Å². The van der Waals surface area contributed by atoms with Crippen LogP contribution >= 0.6 is 0 Å². The van der Waals surface area contributed by atoms with E-state index in [0.717, 1.165) is 60.3 Å². The molecule has 4 N–H and O–H groups in total. The third-order valence-corrected chi connectivity index (χ3v) is 5.40. The molecule has 0 amide bonds. The predicted molar refractivity (Wildman–Crippen MR) is 137 cm³/mol. The normalized spacial score (nSPS) is 17.5. The number of carboxylic acid groups (broad SMARTS) is 1. The molecule has 1 aliphatic heterocycles. The summed E-state index contributed by atoms with van der Waals surface area (Å²) in [4.78, 5) is 27.8. The largest absolute Gasteiger partial charge is 0.481 e. The van der Waals surface area contributed by atoms with E-state index in [1.54, 1.807) is 6.92 Å². The van der Waals surface area contributed by atoms with Crippen LogP contribution in [0.3, 0.4) is 0 Å². The Morgan fingerprint density at radius 3 is 2.63 bits per heavy atom. The van der Waals surface area contributed by atoms with Crippen molar-refractivity contribution in [3.05, 3.63) is 47.4 Å². The Morgan fingerprint density at radius 1 is 1.37 bits per heavy atom. The van der Waals surface area contributed by atoms with Gasteiger partial charge < -0.3 is 30.2 Å². The lowest BCUT2D eigenvalue weighted by atomic mass is 10.1. The molecule has 2 heterocycles. The van der Waals surface area contributed by atoms with Gasteiger partial charge in [0.2, 0.25) is 0 Å². The van der Waals surface area contributed by atoms with Crippen LogP contribution in [0.5, 0.6) is 0 Å². The second-order valence-electron chi connectivity index (χ2n) is 9.06. The summed E-state index contributed by atoms with van der Waals surface area (Å²) in [6.45, 7) is 5.28. The van der Waals surface area contributed by atoms with Gasteiger partial charge in [-0.05, 0) is 62.5 Å². The van der Waals surface area contributed by atoms with Crippen LogP contribution in [0.2, 0.25) is 0 Å². The molecule has 0 bridgehead atoms. The molecule has 1 aromatic heterocycles. The van der Waals surface area contributed by atoms with Gasteiger partial charge in [-0.25, -0.2) is 4.98 Å². The van der Waals surface area contributed by atoms with Crippen molar-refractivity contribution in [2.24, 2.45) is 5.73 Å². The number of carbonyl (C=O) groups is 2. The Morgan fingerprint density at radius 2 is 2.11 bits per heavy atom. The minimum Gasteiger partial charge on any atom is -0.481 e. The number of carbonyl (C=O) groups excluding carboxylic acids is 1. The number of aliphatic carboxylic acids is 1. The highest BCUT2D eigenvalue weighted by molar-refractivity contribution is 5.85. The smallest absolute Gasteiger partial charge is 0.305 e. The van der Waals surface area contributed by atoms with E-state index < -0.39 is 12.1 Å². The standard InChI is InChI=1S/C22H30N4O2.C4H8O3/c1-16(15-27)10-18(13-25(2)3)22-24-20-8-7-17(12-23)11-21(20)26(22)14-19-6-4-5-9-28-19;1-3(5)2-4(6)7/h7-8,10-11,13,15,19H,4-6,9,12,14,23H2,1-3H3;3,5H,2H2,1H3,(H,6,7)/b16-10-,18-13+;. The second kappa shape index (κ2) is 13.8. The van der Waals surface area contributed by atoms with Gasteiger partial charge >= 0.3 is 5.97 Å². The number of carboxylic acids is 1. The lowest BCUT2D eigenvalue weighted by molar-refractivity contribution is -0.138. The first-order valence-electron chi connectivity index (χ1n) is 11.9. The molecule has 2 atom stereocenters. The number of aromatic nitrogens is 2. The molecule has 0 saturated carbocycles. The van der Waals surface area contributed by atoms with E-state index in [2.05, 4.69) is 10.6 Å². The van der Waals surface area contributed by atoms with Crippen molar-refractivity contribution < 1.29 is 24.5 Å². The molecule has 1 aromatic carbocycles. The predicted octanol–water partition coefficient (Wildman–Crippen LogP) is 2.95. The number of benzene rings is 1. The number of imidazole rings is 1. The van der Waals surface area contributed by atoms with Gasteiger partial charge in [-0.2, -0.15) is 0 Å². The van der Waals surface area contributed by atoms with Gasteiger partial charge in [0.1, 0.15) is 12.1 Å². The van der Waals surface area contributed by atoms with E-state index in [4.69, 9.17) is 25.7 Å². The minimum atomic E-state index is -0.963. The summed E-state index contributed by atoms with van der Waals surface area (Å²) in [5.74, 6) is -0.122. The molecule has 2 aromatic rings. The van der Waals surface area contributed by atoms with E-state index >= 15 is 0 Å². The average molecular weight is 487 g/mol. The fourth-order valence-corrected chi connectivity index (χ4v) is 3.83. The zero-order valence-corrected chi connectivity index (χ0v) is 21.1. The Kier molecular flexibility index (Phi) is 11.1. The van der Waals surface area contributed by atoms with Crippen LogP contribution in [0.25, 0.3) is 16.6 Å². The summed E-state index contributed by atoms with van der Waals surface area (Å²) in [5.41, 5.74) is 10.5. The molecule has 1 aliphatic rings. The van der Waals surface area contributed by atoms with E-state index in [1.807, 2.05) is 43.4 Å². The van der Waals surface area contributed by atoms with Crippen LogP contribution in [0, 0.1) is 0 Å². The van der Waals surface area contributed by atoms with E-state index in [0.29, 0.717) is 12.1 Å². The van der Waals surface area contributed by atoms with Crippen molar-refractivity contribution in [3.8, 4) is 0 Å². The van der Waals surface area contributed by atoms with Crippen LogP contribution < -0.4 is 5.73 Å². The van der Waals surface area contributed by atoms with E-state index in [-0.39, 0.29) is 12.5 Å². The third-order valence-electron chi connectivity index (χ3n) is 5.40. The first kappa shape index (κ1) is 28.2. The van der Waals surface area contributed by atoms with E-state index in [9.17, 15) is 9.59 Å². The van der Waals surface area contributed by atoms with Crippen molar-refractivity contribution in [1.82, 2.24) is 14.5 Å². The monoisotopic (exact) mass is 486 g/mol. The zero-order chi connectivity index (χ0) is 26.0. The number of aliphatic hydroxyl groups excluding tert-OH is 1. The van der Waals surface area contributed by atoms with Gasteiger partial charge in [0.25, 0.3) is 0 Å². The van der Waals surface area contributed by atoms with Crippen LogP contribution in [0.1, 0.15) is 50.9 Å². The summed E-state index contributed by atoms with van der Waals surface area (Å²) in [6, 6.07) is 6.14. The fourth-order valence-electron chi connectivity index (χ4n) is 3.83. The van der Waals surface area contributed by atoms with Gasteiger partial charge in [0, 0.05) is 39.0 Å². The number of nitrogens with two attached hydrogens (primary N) is 1. The van der Waals surface area contributed by atoms with Crippen molar-refractivity contribution in [2.75, 3.05) is 20.7 Å². The number of hydrogen-bond donors (Lipinski definition) is 3. The number of ether oxygens (including phenoxy) is 1. The van der Waals surface area contributed by atoms with Gasteiger partial charge in [-0.15, -0.1) is 0 Å². The highest BCUT2D eigenvalue weighted by atomic mass is 16.5. The molecule has 0 spiro atoms. The Labute approximate surface area is 206 Å². The molecule has 9 heteroatoms. The molecule has 9 nitrogen and oxygen atoms in total. The molecule has 3 rings (SSSR count). The number of hydrogen-bond acceptors (Lipinski definition) is 7. The first-order valence-corrected chi connectivity index (χ1v) is 11.9. The number of fused-ring (bicyclic) bond motifs is 1. The lowest BCUT2D eigenvalue weighted by Gasteiger charge is -2.24. The second-order valence-corrected chi connectivity index (χ2v) is 9.06. The average Bonchev–Trinajstić information content (AvgIpc) is 3.15. The molecule has 1 fully saturated rings. The van der Waals surface area contributed by atoms with Gasteiger partial charge in [0.05, 0.1) is 36.2 Å². The number of aliphatic hydroxyl groups is 1. The number of rotatable bonds is 9. The summed E-state index contributed by atoms with van der Waals surface area (Å²) in [6.07, 6.45) is 7.38. The quantitative estimate of drug-likeness (QED) is 0.280. The van der Waals surface area contributed by atoms with Gasteiger partial charge in [0.15, 0.2) is 0 Å². The molecule has 1 saturated heterocycles. The number of aldehydes is 1. The Balaban J connectivity index is 0.000000540. The summed E-state index contributed by atoms with van der Waals surface area (Å²) >= 11 is 0. The summed E-state index contributed by atoms with van der Waals surface area (Å²) in [7, 11) is 3.93. The Hall–Kier alpha value is -3.01. The van der Waals surface area contributed by atoms with Gasteiger partial charge in [-0.1, -0.05) is 6.07 Å². The molecule has 2 unspecified atom stereocenters. The highest BCUT2D eigenvalue weighted by Crippen LogP contribution is 2.27. The molecular formula is C26H38N4O5. The molecule has 0 aliphatic carbocycles. The Bertz CT molecular complexity index is 1050. The van der Waals surface area contributed by atoms with Crippen LogP contribution in [-0.2, 0) is 27.4 Å². The molecular weight excluding hydrogens is 448 g/mol. The number of nitrogens with zero attached hydrogens (tertiary/aromatic N) is 3. The third kappa shape index (κ3) is 8.93. The van der Waals surface area contributed by atoms with Crippen LogP contribution in [0.15, 0.2) is 36.0 Å². The van der Waals surface area contributed by atoms with Crippen molar-refractivity contribution in [1.29, 1.82) is 0 Å². The van der Waals surface area contributed by atoms with E-state index in [1.165, 1.54) is 13.3 Å². The van der Waals surface area contributed by atoms with Crippen molar-refractivity contribution in [2.45, 2.75) is 64.8 Å². The van der Waals surface area contributed by atoms with Gasteiger partial charge in [-0.3, -0.25) is 9.59 Å². The maximum absolute atomic E-state index is 11.2. The van der Waals surface area contributed by atoms with Crippen molar-refractivity contribution in [3.63, 3.8) is 0 Å². The highest BCUT2D eigenvalue weighted by Gasteiger charge is 2.20. The van der Waals surface area contributed by atoms with Crippen molar-refractivity contribution >= 4 is 28.9 Å². The first-order chi connectivity index (χ1) is 16.6. The topological polar surface area (TPSA) is 131 Å². The minimum absolute atomic E-state index is 0.167. The summed E-state index contributed by atoms with van der Waals surface area (Å²) in [5, 5.41) is 16.3. The SMILES string of the molecule is C/C(C=O)=C/C(=C\N(C)C)c1nc2ccc(CN)cc2n1CC1CCCCO1.CC(O)CC(=O)O.